The van der Waals surface area contributed by atoms with Gasteiger partial charge in [0, 0.05) is 0 Å². The first-order chi connectivity index (χ1) is 7.04. The Morgan fingerprint density at radius 3 is 2.80 bits per heavy atom. The molecule has 0 saturated carbocycles. The molecule has 0 bridgehead atoms. The Balaban J connectivity index is 2.72. The van der Waals surface area contributed by atoms with Gasteiger partial charge in [0.1, 0.15) is 0 Å². The van der Waals surface area contributed by atoms with E-state index in [0.29, 0.717) is 15.0 Å². The van der Waals surface area contributed by atoms with Crippen molar-refractivity contribution in [2.24, 2.45) is 5.73 Å². The Labute approximate surface area is 95.8 Å². The van der Waals surface area contributed by atoms with E-state index in [4.69, 9.17) is 5.73 Å². The van der Waals surface area contributed by atoms with Crippen molar-refractivity contribution in [3.8, 4) is 0 Å². The van der Waals surface area contributed by atoms with Gasteiger partial charge in [0.25, 0.3) is 0 Å². The first-order valence-corrected chi connectivity index (χ1v) is 7.40. The molecule has 3 nitrogen and oxygen atoms in total. The number of rotatable bonds is 2. The summed E-state index contributed by atoms with van der Waals surface area (Å²) in [4.78, 5) is 4.42. The van der Waals surface area contributed by atoms with Gasteiger partial charge < -0.3 is 0 Å². The number of hydrogen-bond acceptors (Lipinski definition) is 2. The molecule has 2 N–H and O–H groups in total. The molecule has 15 heavy (non-hydrogen) atoms. The maximum atomic E-state index is 6.08. The summed E-state index contributed by atoms with van der Waals surface area (Å²) in [6.45, 7) is 3.96. The number of hydrogen-bond donors (Lipinski definition) is 1. The Morgan fingerprint density at radius 1 is 1.47 bits per heavy atom. The number of aromatic nitrogens is 2. The predicted molar refractivity (Wildman–Crippen MR) is 63.7 cm³/mol. The van der Waals surface area contributed by atoms with Gasteiger partial charge in [-0.15, -0.1) is 0 Å². The van der Waals surface area contributed by atoms with E-state index < -0.39 is 5.54 Å². The fourth-order valence-corrected chi connectivity index (χ4v) is 2.85. The van der Waals surface area contributed by atoms with Crippen LogP contribution in [0.1, 0.15) is 19.7 Å². The molecule has 0 aliphatic heterocycles. The zero-order chi connectivity index (χ0) is 11.1. The summed E-state index contributed by atoms with van der Waals surface area (Å²) in [5.41, 5.74) is 6.87. The fourth-order valence-electron chi connectivity index (χ4n) is 1.65. The van der Waals surface area contributed by atoms with E-state index in [9.17, 15) is 0 Å². The summed E-state index contributed by atoms with van der Waals surface area (Å²) in [5.74, 6) is 3.13. The van der Waals surface area contributed by atoms with Gasteiger partial charge >= 0.3 is 95.6 Å². The zero-order valence-electron chi connectivity index (χ0n) is 9.19. The number of nitrogens with zero attached hydrogens (tertiary/aromatic N) is 2. The van der Waals surface area contributed by atoms with Crippen molar-refractivity contribution in [2.45, 2.75) is 25.2 Å². The third-order valence-corrected chi connectivity index (χ3v) is 3.98. The summed E-state index contributed by atoms with van der Waals surface area (Å²) in [6, 6.07) is 4.22. The Kier molecular flexibility index (Phi) is 2.59. The van der Waals surface area contributed by atoms with Crippen LogP contribution in [0.2, 0.25) is 5.82 Å². The van der Waals surface area contributed by atoms with Crippen LogP contribution in [0.3, 0.4) is 0 Å². The van der Waals surface area contributed by atoms with Crippen molar-refractivity contribution in [1.82, 2.24) is 9.38 Å². The second-order valence-electron chi connectivity index (χ2n) is 4.14. The minimum absolute atomic E-state index is 0.397. The summed E-state index contributed by atoms with van der Waals surface area (Å²) < 4.78 is 3.47. The number of pyridine rings is 1. The molecule has 0 fully saturated rings. The van der Waals surface area contributed by atoms with Crippen LogP contribution in [0.15, 0.2) is 24.5 Å². The van der Waals surface area contributed by atoms with Gasteiger partial charge in [-0.2, -0.15) is 0 Å². The van der Waals surface area contributed by atoms with Gasteiger partial charge in [0.05, 0.1) is 0 Å². The van der Waals surface area contributed by atoms with E-state index in [-0.39, 0.29) is 0 Å². The van der Waals surface area contributed by atoms with Gasteiger partial charge in [0.15, 0.2) is 0 Å². The van der Waals surface area contributed by atoms with Crippen LogP contribution >= 0.6 is 0 Å². The quantitative estimate of drug-likeness (QED) is 0.823. The molecular formula is C11H15N3Se. The number of imidazole rings is 1. The molecule has 4 heteroatoms. The number of nitrogens with two attached hydrogens (primary N) is 1. The predicted octanol–water partition coefficient (Wildman–Crippen LogP) is 0.906. The zero-order valence-corrected chi connectivity index (χ0v) is 10.9. The van der Waals surface area contributed by atoms with E-state index in [0.717, 1.165) is 5.82 Å². The second kappa shape index (κ2) is 3.63. The van der Waals surface area contributed by atoms with Gasteiger partial charge in [-0.3, -0.25) is 0 Å². The van der Waals surface area contributed by atoms with Crippen molar-refractivity contribution >= 4 is 24.9 Å². The molecule has 0 aliphatic carbocycles. The molecule has 0 atom stereocenters. The fraction of sp³-hybridized carbons (Fsp3) is 0.364. The first-order valence-electron chi connectivity index (χ1n) is 4.83. The summed E-state index contributed by atoms with van der Waals surface area (Å²) in [5, 5.41) is 0. The van der Waals surface area contributed by atoms with Crippen LogP contribution in [0.25, 0.3) is 5.52 Å². The van der Waals surface area contributed by atoms with Gasteiger partial charge in [0.2, 0.25) is 0 Å². The van der Waals surface area contributed by atoms with E-state index >= 15 is 0 Å². The average molecular weight is 268 g/mol. The molecule has 0 saturated heterocycles. The Hall–Kier alpha value is -0.831. The molecule has 2 aromatic heterocycles. The topological polar surface area (TPSA) is 43.3 Å². The van der Waals surface area contributed by atoms with Crippen molar-refractivity contribution in [2.75, 3.05) is 0 Å². The molecule has 80 valence electrons. The SMILES string of the molecule is C[Se]c1cccn2c(C(C)(C)N)ncc12. The Morgan fingerprint density at radius 2 is 2.20 bits per heavy atom. The van der Waals surface area contributed by atoms with Crippen LogP contribution < -0.4 is 10.2 Å². The molecule has 0 radical (unpaired) electrons. The van der Waals surface area contributed by atoms with Crippen LogP contribution in [-0.2, 0) is 5.54 Å². The summed E-state index contributed by atoms with van der Waals surface area (Å²) in [6.07, 6.45) is 3.95. The van der Waals surface area contributed by atoms with Crippen molar-refractivity contribution in [3.05, 3.63) is 30.4 Å². The van der Waals surface area contributed by atoms with E-state index in [2.05, 4.69) is 27.3 Å². The van der Waals surface area contributed by atoms with Crippen molar-refractivity contribution < 1.29 is 0 Å². The van der Waals surface area contributed by atoms with Crippen molar-refractivity contribution in [3.63, 3.8) is 0 Å². The van der Waals surface area contributed by atoms with Crippen LogP contribution in [-0.4, -0.2) is 24.3 Å². The second-order valence-corrected chi connectivity index (χ2v) is 5.91. The van der Waals surface area contributed by atoms with E-state index in [1.165, 1.54) is 9.98 Å². The molecule has 2 rings (SSSR count). The molecule has 2 aromatic rings. The molecule has 0 aromatic carbocycles. The van der Waals surface area contributed by atoms with Crippen LogP contribution in [0.4, 0.5) is 0 Å². The monoisotopic (exact) mass is 269 g/mol. The molecule has 0 spiro atoms. The third kappa shape index (κ3) is 1.81. The third-order valence-electron chi connectivity index (χ3n) is 2.33. The minimum atomic E-state index is -0.397. The molecule has 0 aliphatic rings. The summed E-state index contributed by atoms with van der Waals surface area (Å²) in [7, 11) is 0. The van der Waals surface area contributed by atoms with E-state index in [1.807, 2.05) is 26.2 Å². The van der Waals surface area contributed by atoms with Gasteiger partial charge in [-0.25, -0.2) is 0 Å². The molecule has 2 heterocycles. The number of fused-ring (bicyclic) bond motifs is 1. The summed E-state index contributed by atoms with van der Waals surface area (Å²) >= 11 is 0.485. The van der Waals surface area contributed by atoms with Crippen LogP contribution in [0.5, 0.6) is 0 Å². The molecular weight excluding hydrogens is 253 g/mol. The van der Waals surface area contributed by atoms with Crippen LogP contribution in [0, 0.1) is 0 Å². The molecule has 0 unspecified atom stereocenters. The molecule has 0 amide bonds. The van der Waals surface area contributed by atoms with E-state index in [1.54, 1.807) is 0 Å². The normalized spacial score (nSPS) is 12.3. The van der Waals surface area contributed by atoms with Crippen molar-refractivity contribution in [1.29, 1.82) is 0 Å². The Bertz CT molecular complexity index is 482. The average Bonchev–Trinajstić information content (AvgIpc) is 2.59. The van der Waals surface area contributed by atoms with Gasteiger partial charge in [-0.1, -0.05) is 0 Å². The standard InChI is InChI=1S/C11H15N3Se/c1-11(2,12)10-13-7-8-9(15-3)5-4-6-14(8)10/h4-7H,12H2,1-3H3. The first kappa shape index (κ1) is 10.7. The van der Waals surface area contributed by atoms with Gasteiger partial charge in [-0.05, 0) is 0 Å². The maximum absolute atomic E-state index is 6.08.